The highest BCUT2D eigenvalue weighted by Gasteiger charge is 2.31. The smallest absolute Gasteiger partial charge is 0.326 e. The standard InChI is InChI=1S/C25H38N6O5S/c1-14(2)21(31-23(33)20(13-37)30-22(32)17(27)8-5-6-10-26)24(34)29-19(25(35)36)11-15-12-28-18-9-4-3-7-16(15)18/h3-4,7,9,12,14,17,19-21,28,37H,5-6,8,10-11,13,26-27H2,1-2H3,(H,29,34)(H,30,32)(H,31,33)(H,35,36). The summed E-state index contributed by atoms with van der Waals surface area (Å²) in [7, 11) is 0. The number of benzene rings is 1. The van der Waals surface area contributed by atoms with Gasteiger partial charge in [0.1, 0.15) is 18.1 Å². The molecule has 0 aliphatic carbocycles. The molecule has 4 atom stereocenters. The molecule has 0 fully saturated rings. The first-order valence-electron chi connectivity index (χ1n) is 12.3. The zero-order valence-corrected chi connectivity index (χ0v) is 22.1. The number of hydrogen-bond donors (Lipinski definition) is 8. The number of H-pyrrole nitrogens is 1. The molecule has 3 amide bonds. The Morgan fingerprint density at radius 1 is 1.00 bits per heavy atom. The second-order valence-corrected chi connectivity index (χ2v) is 9.69. The van der Waals surface area contributed by atoms with Gasteiger partial charge in [-0.15, -0.1) is 0 Å². The summed E-state index contributed by atoms with van der Waals surface area (Å²) < 4.78 is 0. The first-order valence-corrected chi connectivity index (χ1v) is 13.0. The maximum absolute atomic E-state index is 13.1. The third-order valence-corrected chi connectivity index (χ3v) is 6.45. The Hall–Kier alpha value is -3.09. The number of carboxylic acids is 1. The van der Waals surface area contributed by atoms with Crippen LogP contribution in [0.1, 0.15) is 38.7 Å². The van der Waals surface area contributed by atoms with E-state index in [0.29, 0.717) is 19.4 Å². The van der Waals surface area contributed by atoms with Crippen LogP contribution in [0.15, 0.2) is 30.5 Å². The van der Waals surface area contributed by atoms with Crippen LogP contribution in [-0.4, -0.2) is 70.2 Å². The molecule has 0 aliphatic rings. The molecule has 0 radical (unpaired) electrons. The Morgan fingerprint density at radius 3 is 2.30 bits per heavy atom. The van der Waals surface area contributed by atoms with E-state index in [2.05, 4.69) is 33.6 Å². The lowest BCUT2D eigenvalue weighted by atomic mass is 10.0. The predicted octanol–water partition coefficient (Wildman–Crippen LogP) is 0.292. The maximum atomic E-state index is 13.1. The zero-order valence-electron chi connectivity index (χ0n) is 21.2. The van der Waals surface area contributed by atoms with Gasteiger partial charge in [0, 0.05) is 29.3 Å². The van der Waals surface area contributed by atoms with E-state index < -0.39 is 47.9 Å². The lowest BCUT2D eigenvalue weighted by Crippen LogP contribution is -2.59. The third-order valence-electron chi connectivity index (χ3n) is 6.08. The number of carbonyl (C=O) groups is 4. The molecule has 2 aromatic rings. The van der Waals surface area contributed by atoms with Gasteiger partial charge >= 0.3 is 5.97 Å². The Morgan fingerprint density at radius 2 is 1.68 bits per heavy atom. The number of hydrogen-bond acceptors (Lipinski definition) is 7. The second kappa shape index (κ2) is 14.6. The summed E-state index contributed by atoms with van der Waals surface area (Å²) in [5, 5.41) is 18.4. The van der Waals surface area contributed by atoms with Gasteiger partial charge in [-0.2, -0.15) is 12.6 Å². The summed E-state index contributed by atoms with van der Waals surface area (Å²) in [4.78, 5) is 53.4. The Bertz CT molecular complexity index is 1070. The Kier molecular flexibility index (Phi) is 11.9. The molecule has 204 valence electrons. The summed E-state index contributed by atoms with van der Waals surface area (Å²) in [6.07, 6.45) is 3.62. The van der Waals surface area contributed by atoms with E-state index in [1.807, 2.05) is 24.3 Å². The number of thiol groups is 1. The average molecular weight is 535 g/mol. The highest BCUT2D eigenvalue weighted by atomic mass is 32.1. The normalized spacial score (nSPS) is 14.5. The number of amides is 3. The van der Waals surface area contributed by atoms with Crippen molar-refractivity contribution in [2.45, 2.75) is 63.7 Å². The molecule has 11 nitrogen and oxygen atoms in total. The molecule has 4 unspecified atom stereocenters. The number of nitrogens with one attached hydrogen (secondary N) is 4. The summed E-state index contributed by atoms with van der Waals surface area (Å²) in [6.45, 7) is 3.95. The van der Waals surface area contributed by atoms with E-state index in [1.54, 1.807) is 20.0 Å². The number of fused-ring (bicyclic) bond motifs is 1. The van der Waals surface area contributed by atoms with Crippen LogP contribution in [0.3, 0.4) is 0 Å². The summed E-state index contributed by atoms with van der Waals surface area (Å²) >= 11 is 4.16. The molecular weight excluding hydrogens is 496 g/mol. The average Bonchev–Trinajstić information content (AvgIpc) is 3.27. The molecule has 0 saturated carbocycles. The van der Waals surface area contributed by atoms with Crippen LogP contribution in [0, 0.1) is 5.92 Å². The molecule has 9 N–H and O–H groups in total. The minimum atomic E-state index is -1.21. The molecule has 37 heavy (non-hydrogen) atoms. The fraction of sp³-hybridized carbons (Fsp3) is 0.520. The molecule has 1 aromatic carbocycles. The largest absolute Gasteiger partial charge is 0.480 e. The van der Waals surface area contributed by atoms with Crippen molar-refractivity contribution in [2.24, 2.45) is 17.4 Å². The number of carbonyl (C=O) groups excluding carboxylic acids is 3. The van der Waals surface area contributed by atoms with Crippen molar-refractivity contribution in [3.8, 4) is 0 Å². The number of rotatable bonds is 15. The van der Waals surface area contributed by atoms with Crippen LogP contribution in [0.25, 0.3) is 10.9 Å². The van der Waals surface area contributed by atoms with E-state index >= 15 is 0 Å². The van der Waals surface area contributed by atoms with Crippen LogP contribution in [-0.2, 0) is 25.6 Å². The lowest BCUT2D eigenvalue weighted by molar-refractivity contribution is -0.142. The molecule has 12 heteroatoms. The number of para-hydroxylation sites is 1. The maximum Gasteiger partial charge on any atom is 0.326 e. The predicted molar refractivity (Wildman–Crippen MR) is 145 cm³/mol. The SMILES string of the molecule is CC(C)C(NC(=O)C(CS)NC(=O)C(N)CCCCN)C(=O)NC(Cc1c[nH]c2ccccc12)C(=O)O. The lowest BCUT2D eigenvalue weighted by Gasteiger charge is -2.26. The number of nitrogens with two attached hydrogens (primary N) is 2. The number of unbranched alkanes of at least 4 members (excludes halogenated alkanes) is 1. The van der Waals surface area contributed by atoms with Gasteiger partial charge in [-0.05, 0) is 36.9 Å². The zero-order chi connectivity index (χ0) is 27.5. The highest BCUT2D eigenvalue weighted by Crippen LogP contribution is 2.19. The van der Waals surface area contributed by atoms with Crippen LogP contribution in [0.5, 0.6) is 0 Å². The van der Waals surface area contributed by atoms with Gasteiger partial charge in [0.15, 0.2) is 0 Å². The van der Waals surface area contributed by atoms with Gasteiger partial charge in [-0.25, -0.2) is 4.79 Å². The Balaban J connectivity index is 2.05. The molecule has 0 bridgehead atoms. The van der Waals surface area contributed by atoms with Gasteiger partial charge in [0.25, 0.3) is 0 Å². The minimum absolute atomic E-state index is 0.0160. The molecule has 1 aromatic heterocycles. The summed E-state index contributed by atoms with van der Waals surface area (Å²) in [6, 6.07) is 3.40. The van der Waals surface area contributed by atoms with Crippen LogP contribution in [0.4, 0.5) is 0 Å². The summed E-state index contributed by atoms with van der Waals surface area (Å²) in [5.41, 5.74) is 13.0. The van der Waals surface area contributed by atoms with Gasteiger partial charge in [0.2, 0.25) is 17.7 Å². The highest BCUT2D eigenvalue weighted by molar-refractivity contribution is 7.80. The van der Waals surface area contributed by atoms with Crippen molar-refractivity contribution < 1.29 is 24.3 Å². The quantitative estimate of drug-likeness (QED) is 0.119. The second-order valence-electron chi connectivity index (χ2n) is 9.33. The summed E-state index contributed by atoms with van der Waals surface area (Å²) in [5.74, 6) is -3.33. The van der Waals surface area contributed by atoms with Crippen molar-refractivity contribution in [3.05, 3.63) is 36.0 Å². The fourth-order valence-electron chi connectivity index (χ4n) is 3.88. The number of carboxylic acid groups (broad SMARTS) is 1. The fourth-order valence-corrected chi connectivity index (χ4v) is 4.14. The monoisotopic (exact) mass is 534 g/mol. The van der Waals surface area contributed by atoms with E-state index in [9.17, 15) is 24.3 Å². The van der Waals surface area contributed by atoms with Crippen molar-refractivity contribution in [1.29, 1.82) is 0 Å². The van der Waals surface area contributed by atoms with Gasteiger partial charge < -0.3 is 37.5 Å². The molecule has 1 heterocycles. The van der Waals surface area contributed by atoms with Crippen LogP contribution in [0.2, 0.25) is 0 Å². The minimum Gasteiger partial charge on any atom is -0.480 e. The third kappa shape index (κ3) is 8.76. The Labute approximate surface area is 221 Å². The van der Waals surface area contributed by atoms with Gasteiger partial charge in [-0.1, -0.05) is 38.5 Å². The number of aromatic nitrogens is 1. The molecule has 0 saturated heterocycles. The molecular formula is C25H38N6O5S. The molecule has 0 spiro atoms. The van der Waals surface area contributed by atoms with Gasteiger partial charge in [0.05, 0.1) is 6.04 Å². The first-order chi connectivity index (χ1) is 17.6. The van der Waals surface area contributed by atoms with E-state index in [4.69, 9.17) is 11.5 Å². The van der Waals surface area contributed by atoms with Crippen molar-refractivity contribution in [2.75, 3.05) is 12.3 Å². The topological polar surface area (TPSA) is 192 Å². The molecule has 0 aliphatic heterocycles. The van der Waals surface area contributed by atoms with E-state index in [0.717, 1.165) is 22.9 Å². The first kappa shape index (κ1) is 30.1. The van der Waals surface area contributed by atoms with E-state index in [1.165, 1.54) is 0 Å². The van der Waals surface area contributed by atoms with Crippen molar-refractivity contribution >= 4 is 47.2 Å². The van der Waals surface area contributed by atoms with Gasteiger partial charge in [-0.3, -0.25) is 14.4 Å². The van der Waals surface area contributed by atoms with Crippen LogP contribution < -0.4 is 27.4 Å². The van der Waals surface area contributed by atoms with Crippen LogP contribution >= 0.6 is 12.6 Å². The van der Waals surface area contributed by atoms with E-state index in [-0.39, 0.29) is 18.1 Å². The number of aliphatic carboxylic acids is 1. The molecule has 2 rings (SSSR count). The van der Waals surface area contributed by atoms with Crippen molar-refractivity contribution in [1.82, 2.24) is 20.9 Å². The number of aromatic amines is 1. The van der Waals surface area contributed by atoms with Crippen molar-refractivity contribution in [3.63, 3.8) is 0 Å².